The number of rotatable bonds is 7. The van der Waals surface area contributed by atoms with Crippen molar-refractivity contribution in [3.8, 4) is 0 Å². The SMILES string of the molecule is Cc1ccc(NC(=O)C(Nc2ccc(NC(=O)C(C)C)cc2)c2ccccc2)cc1. The molecule has 0 bridgehead atoms. The Kier molecular flexibility index (Phi) is 6.86. The molecule has 0 saturated carbocycles. The van der Waals surface area contributed by atoms with E-state index >= 15 is 0 Å². The molecule has 5 nitrogen and oxygen atoms in total. The van der Waals surface area contributed by atoms with Gasteiger partial charge in [0.05, 0.1) is 0 Å². The Balaban J connectivity index is 1.77. The Labute approximate surface area is 177 Å². The lowest BCUT2D eigenvalue weighted by Gasteiger charge is -2.20. The maximum Gasteiger partial charge on any atom is 0.251 e. The van der Waals surface area contributed by atoms with Crippen LogP contribution in [0.3, 0.4) is 0 Å². The summed E-state index contributed by atoms with van der Waals surface area (Å²) in [4.78, 5) is 24.9. The second kappa shape index (κ2) is 9.74. The van der Waals surface area contributed by atoms with E-state index in [0.29, 0.717) is 0 Å². The van der Waals surface area contributed by atoms with Crippen LogP contribution in [-0.4, -0.2) is 11.8 Å². The first-order valence-corrected chi connectivity index (χ1v) is 10.0. The largest absolute Gasteiger partial charge is 0.370 e. The van der Waals surface area contributed by atoms with Gasteiger partial charge in [0.1, 0.15) is 6.04 Å². The molecule has 30 heavy (non-hydrogen) atoms. The summed E-state index contributed by atoms with van der Waals surface area (Å²) < 4.78 is 0. The monoisotopic (exact) mass is 401 g/mol. The molecule has 3 aromatic rings. The fraction of sp³-hybridized carbons (Fsp3) is 0.200. The molecule has 154 valence electrons. The summed E-state index contributed by atoms with van der Waals surface area (Å²) in [6, 6.07) is 24.1. The zero-order chi connectivity index (χ0) is 21.5. The molecule has 0 aromatic heterocycles. The third-order valence-corrected chi connectivity index (χ3v) is 4.70. The van der Waals surface area contributed by atoms with Gasteiger partial charge in [-0.3, -0.25) is 9.59 Å². The highest BCUT2D eigenvalue weighted by Crippen LogP contribution is 2.23. The molecule has 0 heterocycles. The number of amides is 2. The van der Waals surface area contributed by atoms with E-state index in [4.69, 9.17) is 0 Å². The molecule has 0 radical (unpaired) electrons. The molecule has 1 unspecified atom stereocenters. The van der Waals surface area contributed by atoms with E-state index in [2.05, 4.69) is 16.0 Å². The minimum absolute atomic E-state index is 0.0321. The van der Waals surface area contributed by atoms with Crippen LogP contribution < -0.4 is 16.0 Å². The molecular formula is C25H27N3O2. The van der Waals surface area contributed by atoms with Crippen molar-refractivity contribution >= 4 is 28.9 Å². The minimum Gasteiger partial charge on any atom is -0.370 e. The number of aryl methyl sites for hydroxylation is 1. The van der Waals surface area contributed by atoms with Crippen molar-refractivity contribution in [2.24, 2.45) is 5.92 Å². The normalized spacial score (nSPS) is 11.6. The van der Waals surface area contributed by atoms with Gasteiger partial charge in [0.25, 0.3) is 5.91 Å². The van der Waals surface area contributed by atoms with E-state index in [1.54, 1.807) is 0 Å². The van der Waals surface area contributed by atoms with Crippen molar-refractivity contribution in [2.45, 2.75) is 26.8 Å². The Hall–Kier alpha value is -3.60. The van der Waals surface area contributed by atoms with Crippen LogP contribution in [0.4, 0.5) is 17.1 Å². The van der Waals surface area contributed by atoms with Gasteiger partial charge < -0.3 is 16.0 Å². The molecule has 5 heteroatoms. The first-order chi connectivity index (χ1) is 14.4. The van der Waals surface area contributed by atoms with Crippen LogP contribution in [0.2, 0.25) is 0 Å². The maximum atomic E-state index is 13.1. The van der Waals surface area contributed by atoms with Crippen LogP contribution in [0.25, 0.3) is 0 Å². The fourth-order valence-electron chi connectivity index (χ4n) is 2.90. The number of carbonyl (C=O) groups is 2. The lowest BCUT2D eigenvalue weighted by Crippen LogP contribution is -2.27. The summed E-state index contributed by atoms with van der Waals surface area (Å²) in [5.41, 5.74) is 4.25. The highest BCUT2D eigenvalue weighted by Gasteiger charge is 2.20. The second-order valence-electron chi connectivity index (χ2n) is 7.56. The predicted octanol–water partition coefficient (Wildman–Crippen LogP) is 5.38. The van der Waals surface area contributed by atoms with Gasteiger partial charge in [0.2, 0.25) is 5.91 Å². The van der Waals surface area contributed by atoms with E-state index in [1.807, 2.05) is 99.6 Å². The van der Waals surface area contributed by atoms with Crippen molar-refractivity contribution in [3.05, 3.63) is 90.0 Å². The number of nitrogens with one attached hydrogen (secondary N) is 3. The molecule has 2 amide bonds. The van der Waals surface area contributed by atoms with Gasteiger partial charge in [-0.15, -0.1) is 0 Å². The lowest BCUT2D eigenvalue weighted by atomic mass is 10.1. The van der Waals surface area contributed by atoms with Crippen molar-refractivity contribution in [1.82, 2.24) is 0 Å². The molecule has 0 aliphatic rings. The molecule has 0 fully saturated rings. The summed E-state index contributed by atoms with van der Waals surface area (Å²) in [5.74, 6) is -0.270. The van der Waals surface area contributed by atoms with E-state index in [1.165, 1.54) is 0 Å². The van der Waals surface area contributed by atoms with Crippen molar-refractivity contribution in [3.63, 3.8) is 0 Å². The Bertz CT molecular complexity index is 981. The van der Waals surface area contributed by atoms with Gasteiger partial charge in [-0.05, 0) is 48.9 Å². The number of anilines is 3. The van der Waals surface area contributed by atoms with Gasteiger partial charge in [0, 0.05) is 23.0 Å². The molecule has 1 atom stereocenters. The van der Waals surface area contributed by atoms with E-state index in [0.717, 1.165) is 28.2 Å². The van der Waals surface area contributed by atoms with Crippen LogP contribution in [0.5, 0.6) is 0 Å². The van der Waals surface area contributed by atoms with E-state index in [9.17, 15) is 9.59 Å². The molecule has 3 rings (SSSR count). The average molecular weight is 402 g/mol. The standard InChI is InChI=1S/C25H27N3O2/c1-17(2)24(29)27-22-15-13-20(14-16-22)26-23(19-7-5-4-6-8-19)25(30)28-21-11-9-18(3)10-12-21/h4-17,23,26H,1-3H3,(H,27,29)(H,28,30). The Morgan fingerprint density at radius 2 is 1.17 bits per heavy atom. The van der Waals surface area contributed by atoms with Gasteiger partial charge >= 0.3 is 0 Å². The average Bonchev–Trinajstić information content (AvgIpc) is 2.75. The zero-order valence-corrected chi connectivity index (χ0v) is 17.5. The van der Waals surface area contributed by atoms with Gasteiger partial charge in [-0.2, -0.15) is 0 Å². The number of hydrogen-bond acceptors (Lipinski definition) is 3. The van der Waals surface area contributed by atoms with Crippen molar-refractivity contribution < 1.29 is 9.59 Å². The molecule has 0 saturated heterocycles. The molecule has 3 N–H and O–H groups in total. The summed E-state index contributed by atoms with van der Waals surface area (Å²) in [5, 5.41) is 9.15. The first-order valence-electron chi connectivity index (χ1n) is 10.0. The third kappa shape index (κ3) is 5.70. The smallest absolute Gasteiger partial charge is 0.251 e. The molecule has 0 aliphatic heterocycles. The highest BCUT2D eigenvalue weighted by molar-refractivity contribution is 5.97. The molecular weight excluding hydrogens is 374 g/mol. The molecule has 3 aromatic carbocycles. The van der Waals surface area contributed by atoms with Crippen molar-refractivity contribution in [2.75, 3.05) is 16.0 Å². The topological polar surface area (TPSA) is 70.2 Å². The van der Waals surface area contributed by atoms with Crippen LogP contribution >= 0.6 is 0 Å². The van der Waals surface area contributed by atoms with Crippen LogP contribution in [-0.2, 0) is 9.59 Å². The summed E-state index contributed by atoms with van der Waals surface area (Å²) in [6.45, 7) is 5.71. The lowest BCUT2D eigenvalue weighted by molar-refractivity contribution is -0.119. The Morgan fingerprint density at radius 1 is 0.667 bits per heavy atom. The maximum absolute atomic E-state index is 13.1. The van der Waals surface area contributed by atoms with E-state index in [-0.39, 0.29) is 17.7 Å². The van der Waals surface area contributed by atoms with E-state index < -0.39 is 6.04 Å². The Morgan fingerprint density at radius 3 is 1.73 bits per heavy atom. The van der Waals surface area contributed by atoms with Gasteiger partial charge in [-0.25, -0.2) is 0 Å². The zero-order valence-electron chi connectivity index (χ0n) is 17.5. The fourth-order valence-corrected chi connectivity index (χ4v) is 2.90. The summed E-state index contributed by atoms with van der Waals surface area (Å²) >= 11 is 0. The van der Waals surface area contributed by atoms with Gasteiger partial charge in [0.15, 0.2) is 0 Å². The highest BCUT2D eigenvalue weighted by atomic mass is 16.2. The number of hydrogen-bond donors (Lipinski definition) is 3. The summed E-state index contributed by atoms with van der Waals surface area (Å²) in [7, 11) is 0. The molecule has 0 aliphatic carbocycles. The first kappa shape index (κ1) is 21.1. The third-order valence-electron chi connectivity index (χ3n) is 4.70. The van der Waals surface area contributed by atoms with Crippen LogP contribution in [0.1, 0.15) is 31.0 Å². The quantitative estimate of drug-likeness (QED) is 0.498. The summed E-state index contributed by atoms with van der Waals surface area (Å²) in [6.07, 6.45) is 0. The predicted molar refractivity (Wildman–Crippen MR) is 123 cm³/mol. The minimum atomic E-state index is -0.566. The van der Waals surface area contributed by atoms with Crippen molar-refractivity contribution in [1.29, 1.82) is 0 Å². The van der Waals surface area contributed by atoms with Gasteiger partial charge in [-0.1, -0.05) is 61.9 Å². The number of benzene rings is 3. The van der Waals surface area contributed by atoms with Crippen LogP contribution in [0.15, 0.2) is 78.9 Å². The molecule has 0 spiro atoms. The second-order valence-corrected chi connectivity index (χ2v) is 7.56. The van der Waals surface area contributed by atoms with Crippen LogP contribution in [0, 0.1) is 12.8 Å². The number of carbonyl (C=O) groups excluding carboxylic acids is 2.